The van der Waals surface area contributed by atoms with Gasteiger partial charge in [0.05, 0.1) is 11.1 Å². The molecule has 0 aromatic heterocycles. The summed E-state index contributed by atoms with van der Waals surface area (Å²) in [6.45, 7) is 0. The molecule has 0 spiro atoms. The highest BCUT2D eigenvalue weighted by molar-refractivity contribution is 6.13. The minimum absolute atomic E-state index is 0.182. The van der Waals surface area contributed by atoms with Crippen molar-refractivity contribution >= 4 is 111 Å². The molecule has 0 saturated carbocycles. The minimum Gasteiger partial charge on any atom is -0.199 e. The molecular weight excluding hydrogens is 921 g/mol. The Labute approximate surface area is 441 Å². The summed E-state index contributed by atoms with van der Waals surface area (Å²) in [5.74, 6) is 0. The lowest BCUT2D eigenvalue weighted by atomic mass is 9.90. The van der Waals surface area contributed by atoms with Crippen molar-refractivity contribution in [1.29, 1.82) is 10.5 Å². The smallest absolute Gasteiger partial charge is 0.155 e. The number of rotatable bonds is 10. The van der Waals surface area contributed by atoms with Crippen molar-refractivity contribution < 1.29 is 0 Å². The highest BCUT2D eigenvalue weighted by Gasteiger charge is 2.40. The number of nitriles is 2. The second-order valence-electron chi connectivity index (χ2n) is 19.3. The molecule has 4 nitrogen and oxygen atoms in total. The first-order valence-corrected chi connectivity index (χ1v) is 25.6. The molecular formula is C72H48N4+2. The number of benzene rings is 13. The second-order valence-corrected chi connectivity index (χ2v) is 19.3. The SMILES string of the molecule is N#Cc1c2ccc([N+](C=Cc3ccccc3)(c3cccc4ccccc34)c3cccc4ccccc34)cc2c(C#N)c2ccc([N+](C=Cc3ccccc3)(c3cccc4ccccc34)c3cccc4ccccc34)cc12. The monoisotopic (exact) mass is 968 g/mol. The van der Waals surface area contributed by atoms with Crippen molar-refractivity contribution in [2.45, 2.75) is 0 Å². The fraction of sp³-hybridized carbons (Fsp3) is 0. The van der Waals surface area contributed by atoms with E-state index in [0.29, 0.717) is 32.7 Å². The van der Waals surface area contributed by atoms with Crippen LogP contribution in [-0.2, 0) is 0 Å². The summed E-state index contributed by atoms with van der Waals surface area (Å²) >= 11 is 0. The van der Waals surface area contributed by atoms with Crippen molar-refractivity contribution in [3.63, 3.8) is 0 Å². The lowest BCUT2D eigenvalue weighted by Gasteiger charge is -2.36. The first kappa shape index (κ1) is 45.6. The van der Waals surface area contributed by atoms with Gasteiger partial charge < -0.3 is 0 Å². The third-order valence-electron chi connectivity index (χ3n) is 15.3. The van der Waals surface area contributed by atoms with Gasteiger partial charge in [-0.3, -0.25) is 0 Å². The molecule has 0 atom stereocenters. The molecule has 0 fully saturated rings. The van der Waals surface area contributed by atoms with E-state index in [1.54, 1.807) is 0 Å². The van der Waals surface area contributed by atoms with Crippen LogP contribution in [0.3, 0.4) is 0 Å². The average Bonchev–Trinajstić information content (AvgIpc) is 3.50. The third kappa shape index (κ3) is 7.45. The Balaban J connectivity index is 1.13. The van der Waals surface area contributed by atoms with Crippen LogP contribution >= 0.6 is 0 Å². The first-order valence-electron chi connectivity index (χ1n) is 25.6. The van der Waals surface area contributed by atoms with Crippen LogP contribution in [0.4, 0.5) is 34.1 Å². The summed E-state index contributed by atoms with van der Waals surface area (Å²) in [7, 11) is 0. The van der Waals surface area contributed by atoms with Crippen LogP contribution in [0, 0.1) is 22.7 Å². The fourth-order valence-electron chi connectivity index (χ4n) is 11.8. The Hall–Kier alpha value is -10.2. The van der Waals surface area contributed by atoms with Crippen LogP contribution in [0.25, 0.3) is 76.8 Å². The largest absolute Gasteiger partial charge is 0.199 e. The number of fused-ring (bicyclic) bond motifs is 6. The predicted molar refractivity (Wildman–Crippen MR) is 320 cm³/mol. The maximum atomic E-state index is 11.6. The lowest BCUT2D eigenvalue weighted by Crippen LogP contribution is -2.33. The van der Waals surface area contributed by atoms with Gasteiger partial charge in [-0.05, 0) is 81.2 Å². The molecule has 13 rings (SSSR count). The molecule has 354 valence electrons. The minimum atomic E-state index is 0.182. The quantitative estimate of drug-likeness (QED) is 0.101. The van der Waals surface area contributed by atoms with Crippen molar-refractivity contribution in [2.24, 2.45) is 0 Å². The zero-order chi connectivity index (χ0) is 51.1. The molecule has 4 heteroatoms. The van der Waals surface area contributed by atoms with Gasteiger partial charge in [0, 0.05) is 91.6 Å². The molecule has 0 N–H and O–H groups in total. The standard InChI is InChI=1S/C72H48N4/c73-49-67-64-42-40-58(76(46-44-52-21-5-2-6-22-52,71-37-17-29-55-25-9-13-33-61(55)71)72-38-18-30-56-26-10-14-34-62(56)72)48-66(64)68(50-74)63-41-39-57(47-65(63)67)75(45-43-51-19-3-1-4-20-51,69-35-15-27-53-23-7-11-31-59(53)69)70-36-16-28-54-24-8-12-32-60(54)70/h1-48H/q+2. The summed E-state index contributed by atoms with van der Waals surface area (Å²) in [6.07, 6.45) is 8.96. The van der Waals surface area contributed by atoms with Crippen molar-refractivity contribution in [1.82, 2.24) is 8.97 Å². The van der Waals surface area contributed by atoms with E-state index in [0.717, 1.165) is 88.3 Å². The van der Waals surface area contributed by atoms with Gasteiger partial charge in [-0.2, -0.15) is 19.5 Å². The molecule has 0 saturated heterocycles. The fourth-order valence-corrected chi connectivity index (χ4v) is 11.8. The average molecular weight is 969 g/mol. The van der Waals surface area contributed by atoms with Gasteiger partial charge in [-0.1, -0.05) is 182 Å². The van der Waals surface area contributed by atoms with Gasteiger partial charge in [-0.15, -0.1) is 0 Å². The summed E-state index contributed by atoms with van der Waals surface area (Å²) in [5.41, 5.74) is 9.13. The van der Waals surface area contributed by atoms with Crippen molar-refractivity contribution in [3.8, 4) is 12.1 Å². The Bertz CT molecular complexity index is 4090. The first-order chi connectivity index (χ1) is 37.6. The normalized spacial score (nSPS) is 12.1. The van der Waals surface area contributed by atoms with E-state index >= 15 is 0 Å². The van der Waals surface area contributed by atoms with Gasteiger partial charge in [0.2, 0.25) is 0 Å². The predicted octanol–water partition coefficient (Wildman–Crippen LogP) is 19.6. The Kier molecular flexibility index (Phi) is 11.4. The van der Waals surface area contributed by atoms with Gasteiger partial charge in [0.15, 0.2) is 22.7 Å². The van der Waals surface area contributed by atoms with Gasteiger partial charge in [0.25, 0.3) is 0 Å². The van der Waals surface area contributed by atoms with Crippen LogP contribution in [-0.4, -0.2) is 0 Å². The Morgan fingerprint density at radius 3 is 0.868 bits per heavy atom. The van der Waals surface area contributed by atoms with E-state index in [9.17, 15) is 10.5 Å². The summed E-state index contributed by atoms with van der Waals surface area (Å²) in [5, 5.41) is 34.9. The molecule has 0 unspecified atom stereocenters. The highest BCUT2D eigenvalue weighted by Crippen LogP contribution is 2.54. The summed E-state index contributed by atoms with van der Waals surface area (Å²) < 4.78 is 0.363. The molecule has 0 amide bonds. The maximum absolute atomic E-state index is 11.6. The maximum Gasteiger partial charge on any atom is 0.155 e. The molecule has 0 aliphatic carbocycles. The molecule has 0 heterocycles. The van der Waals surface area contributed by atoms with Crippen LogP contribution in [0.2, 0.25) is 0 Å². The van der Waals surface area contributed by atoms with E-state index in [1.165, 1.54) is 0 Å². The number of hydrogen-bond acceptors (Lipinski definition) is 2. The van der Waals surface area contributed by atoms with Crippen LogP contribution in [0.5, 0.6) is 0 Å². The van der Waals surface area contributed by atoms with Crippen LogP contribution < -0.4 is 8.97 Å². The van der Waals surface area contributed by atoms with Gasteiger partial charge in [0.1, 0.15) is 35.9 Å². The van der Waals surface area contributed by atoms with E-state index in [1.807, 2.05) is 12.1 Å². The van der Waals surface area contributed by atoms with Gasteiger partial charge >= 0.3 is 0 Å². The number of quaternary nitrogens is 2. The molecule has 0 aliphatic heterocycles. The summed E-state index contributed by atoms with van der Waals surface area (Å²) in [4.78, 5) is 0. The van der Waals surface area contributed by atoms with Crippen molar-refractivity contribution in [3.05, 3.63) is 302 Å². The van der Waals surface area contributed by atoms with E-state index in [2.05, 4.69) is 291 Å². The molecule has 0 bridgehead atoms. The number of hydrogen-bond donors (Lipinski definition) is 0. The second kappa shape index (κ2) is 19.0. The van der Waals surface area contributed by atoms with Crippen LogP contribution in [0.1, 0.15) is 22.3 Å². The molecule has 76 heavy (non-hydrogen) atoms. The van der Waals surface area contributed by atoms with Gasteiger partial charge in [-0.25, -0.2) is 0 Å². The highest BCUT2D eigenvalue weighted by atomic mass is 15.4. The van der Waals surface area contributed by atoms with E-state index in [4.69, 9.17) is 0 Å². The molecule has 0 aliphatic rings. The summed E-state index contributed by atoms with van der Waals surface area (Å²) in [6, 6.07) is 99.3. The van der Waals surface area contributed by atoms with E-state index < -0.39 is 0 Å². The lowest BCUT2D eigenvalue weighted by molar-refractivity contribution is 0.704. The third-order valence-corrected chi connectivity index (χ3v) is 15.3. The molecule has 13 aromatic rings. The Morgan fingerprint density at radius 1 is 0.263 bits per heavy atom. The molecule has 13 aromatic carbocycles. The molecule has 0 radical (unpaired) electrons. The zero-order valence-electron chi connectivity index (χ0n) is 41.5. The number of nitrogens with zero attached hydrogens (tertiary/aromatic N) is 4. The van der Waals surface area contributed by atoms with E-state index in [-0.39, 0.29) is 8.97 Å². The Morgan fingerprint density at radius 2 is 0.553 bits per heavy atom. The zero-order valence-corrected chi connectivity index (χ0v) is 41.5. The van der Waals surface area contributed by atoms with Crippen molar-refractivity contribution in [2.75, 3.05) is 0 Å². The topological polar surface area (TPSA) is 47.6 Å². The van der Waals surface area contributed by atoms with Crippen LogP contribution in [0.15, 0.2) is 279 Å².